The molecule has 1 heterocycles. The van der Waals surface area contributed by atoms with E-state index in [-0.39, 0.29) is 25.0 Å². The molecule has 1 aliphatic heterocycles. The van der Waals surface area contributed by atoms with E-state index in [1.807, 2.05) is 0 Å². The minimum absolute atomic E-state index is 0.0210. The van der Waals surface area contributed by atoms with Crippen molar-refractivity contribution in [3.63, 3.8) is 0 Å². The van der Waals surface area contributed by atoms with E-state index in [4.69, 9.17) is 5.11 Å². The molecule has 2 N–H and O–H groups in total. The second-order valence-electron chi connectivity index (χ2n) is 5.15. The topological polar surface area (TPSA) is 72.9 Å². The van der Waals surface area contributed by atoms with Crippen molar-refractivity contribution in [1.82, 2.24) is 15.1 Å². The van der Waals surface area contributed by atoms with Gasteiger partial charge in [0.05, 0.1) is 6.42 Å². The Morgan fingerprint density at radius 2 is 2.17 bits per heavy atom. The van der Waals surface area contributed by atoms with Gasteiger partial charge in [-0.2, -0.15) is 0 Å². The Hall–Kier alpha value is -1.30. The number of carbonyl (C=O) groups excluding carboxylic acids is 1. The normalized spacial score (nSPS) is 24.6. The molecular weight excluding hydrogens is 234 g/mol. The number of urea groups is 1. The van der Waals surface area contributed by atoms with Crippen molar-refractivity contribution in [3.05, 3.63) is 0 Å². The lowest BCUT2D eigenvalue weighted by Crippen LogP contribution is -2.52. The van der Waals surface area contributed by atoms with Crippen LogP contribution in [0.15, 0.2) is 0 Å². The molecule has 6 heteroatoms. The summed E-state index contributed by atoms with van der Waals surface area (Å²) in [6, 6.07) is -0.00127. The zero-order valence-electron chi connectivity index (χ0n) is 11.3. The molecule has 0 aromatic rings. The summed E-state index contributed by atoms with van der Waals surface area (Å²) in [4.78, 5) is 26.0. The molecule has 1 fully saturated rings. The first-order valence-electron chi connectivity index (χ1n) is 6.32. The van der Waals surface area contributed by atoms with Gasteiger partial charge in [-0.1, -0.05) is 6.92 Å². The third-order valence-electron chi connectivity index (χ3n) is 3.43. The van der Waals surface area contributed by atoms with E-state index >= 15 is 0 Å². The van der Waals surface area contributed by atoms with Crippen LogP contribution in [0.3, 0.4) is 0 Å². The molecular formula is C12H23N3O3. The van der Waals surface area contributed by atoms with Crippen molar-refractivity contribution in [3.8, 4) is 0 Å². The molecule has 18 heavy (non-hydrogen) atoms. The second kappa shape index (κ2) is 6.58. The van der Waals surface area contributed by atoms with E-state index in [0.717, 1.165) is 19.5 Å². The highest BCUT2D eigenvalue weighted by atomic mass is 16.4. The smallest absolute Gasteiger partial charge is 0.317 e. The van der Waals surface area contributed by atoms with E-state index < -0.39 is 5.97 Å². The highest BCUT2D eigenvalue weighted by Gasteiger charge is 2.26. The number of carbonyl (C=O) groups is 2. The molecule has 1 aliphatic rings. The molecule has 0 bridgehead atoms. The van der Waals surface area contributed by atoms with Gasteiger partial charge in [-0.05, 0) is 25.9 Å². The van der Waals surface area contributed by atoms with Crippen molar-refractivity contribution in [2.75, 3.05) is 33.7 Å². The average molecular weight is 257 g/mol. The second-order valence-corrected chi connectivity index (χ2v) is 5.15. The van der Waals surface area contributed by atoms with Crippen LogP contribution in [0.4, 0.5) is 4.79 Å². The van der Waals surface area contributed by atoms with Crippen LogP contribution in [0.25, 0.3) is 0 Å². The molecule has 0 radical (unpaired) electrons. The molecule has 2 amide bonds. The average Bonchev–Trinajstić information content (AvgIpc) is 2.29. The number of nitrogens with one attached hydrogen (secondary N) is 1. The summed E-state index contributed by atoms with van der Waals surface area (Å²) < 4.78 is 0. The first-order chi connectivity index (χ1) is 8.40. The minimum atomic E-state index is -0.887. The van der Waals surface area contributed by atoms with Crippen LogP contribution >= 0.6 is 0 Å². The molecule has 2 atom stereocenters. The Balaban J connectivity index is 2.37. The fraction of sp³-hybridized carbons (Fsp3) is 0.833. The van der Waals surface area contributed by atoms with Gasteiger partial charge in [-0.15, -0.1) is 0 Å². The minimum Gasteiger partial charge on any atom is -0.481 e. The van der Waals surface area contributed by atoms with Crippen molar-refractivity contribution >= 4 is 12.0 Å². The van der Waals surface area contributed by atoms with Crippen molar-refractivity contribution in [1.29, 1.82) is 0 Å². The monoisotopic (exact) mass is 257 g/mol. The van der Waals surface area contributed by atoms with Crippen LogP contribution in [0, 0.1) is 5.92 Å². The van der Waals surface area contributed by atoms with Gasteiger partial charge in [0, 0.05) is 26.2 Å². The summed E-state index contributed by atoms with van der Waals surface area (Å²) in [5, 5.41) is 11.6. The number of nitrogens with zero attached hydrogens (tertiary/aromatic N) is 2. The molecule has 0 aliphatic carbocycles. The summed E-state index contributed by atoms with van der Waals surface area (Å²) >= 11 is 0. The van der Waals surface area contributed by atoms with Crippen LogP contribution in [0.2, 0.25) is 0 Å². The first-order valence-corrected chi connectivity index (χ1v) is 6.32. The number of likely N-dealkylation sites (tertiary alicyclic amines) is 1. The maximum Gasteiger partial charge on any atom is 0.317 e. The molecule has 1 rings (SSSR count). The molecule has 0 aromatic carbocycles. The third-order valence-corrected chi connectivity index (χ3v) is 3.43. The van der Waals surface area contributed by atoms with Gasteiger partial charge in [0.25, 0.3) is 0 Å². The predicted octanol–water partition coefficient (Wildman–Crippen LogP) is 0.443. The highest BCUT2D eigenvalue weighted by molar-refractivity contribution is 5.75. The Kier molecular flexibility index (Phi) is 5.40. The third kappa shape index (κ3) is 4.52. The fourth-order valence-electron chi connectivity index (χ4n) is 2.20. The quantitative estimate of drug-likeness (QED) is 0.766. The Bertz CT molecular complexity index is 309. The number of aliphatic carboxylic acids is 1. The zero-order valence-corrected chi connectivity index (χ0v) is 11.3. The van der Waals surface area contributed by atoms with Gasteiger partial charge in [-0.3, -0.25) is 4.79 Å². The number of carboxylic acid groups (broad SMARTS) is 1. The van der Waals surface area contributed by atoms with E-state index in [9.17, 15) is 9.59 Å². The summed E-state index contributed by atoms with van der Waals surface area (Å²) in [6.07, 6.45) is 0.920. The van der Waals surface area contributed by atoms with Crippen LogP contribution in [-0.2, 0) is 4.79 Å². The van der Waals surface area contributed by atoms with E-state index in [2.05, 4.69) is 24.2 Å². The first kappa shape index (κ1) is 14.8. The lowest BCUT2D eigenvalue weighted by Gasteiger charge is -2.36. The molecule has 0 spiro atoms. The standard InChI is InChI=1S/C12H23N3O3/c1-9-8-14(2)6-4-10(9)13-12(18)15(3)7-5-11(16)17/h9-10H,4-8H2,1-3H3,(H,13,18)(H,16,17). The maximum atomic E-state index is 11.9. The molecule has 6 nitrogen and oxygen atoms in total. The Labute approximate surface area is 108 Å². The zero-order chi connectivity index (χ0) is 13.7. The number of hydrogen-bond acceptors (Lipinski definition) is 3. The summed E-state index contributed by atoms with van der Waals surface area (Å²) in [5.41, 5.74) is 0. The fourth-order valence-corrected chi connectivity index (χ4v) is 2.20. The highest BCUT2D eigenvalue weighted by Crippen LogP contribution is 2.15. The number of rotatable bonds is 4. The van der Waals surface area contributed by atoms with Gasteiger partial charge >= 0.3 is 12.0 Å². The van der Waals surface area contributed by atoms with E-state index in [1.54, 1.807) is 7.05 Å². The predicted molar refractivity (Wildman–Crippen MR) is 68.5 cm³/mol. The van der Waals surface area contributed by atoms with Crippen molar-refractivity contribution in [2.24, 2.45) is 5.92 Å². The number of hydrogen-bond donors (Lipinski definition) is 2. The van der Waals surface area contributed by atoms with Crippen molar-refractivity contribution < 1.29 is 14.7 Å². The van der Waals surface area contributed by atoms with Crippen LogP contribution in [0.5, 0.6) is 0 Å². The van der Waals surface area contributed by atoms with Crippen LogP contribution < -0.4 is 5.32 Å². The Morgan fingerprint density at radius 1 is 1.50 bits per heavy atom. The molecule has 104 valence electrons. The Morgan fingerprint density at radius 3 is 2.72 bits per heavy atom. The number of carboxylic acids is 1. The van der Waals surface area contributed by atoms with Gasteiger partial charge in [0.15, 0.2) is 0 Å². The maximum absolute atomic E-state index is 11.9. The van der Waals surface area contributed by atoms with Gasteiger partial charge in [0.2, 0.25) is 0 Å². The summed E-state index contributed by atoms with van der Waals surface area (Å²) in [5.74, 6) is -0.470. The molecule has 0 saturated carbocycles. The van der Waals surface area contributed by atoms with Gasteiger partial charge in [0.1, 0.15) is 0 Å². The van der Waals surface area contributed by atoms with Gasteiger partial charge < -0.3 is 20.2 Å². The van der Waals surface area contributed by atoms with Crippen LogP contribution in [-0.4, -0.2) is 66.7 Å². The molecule has 2 unspecified atom stereocenters. The summed E-state index contributed by atoms with van der Waals surface area (Å²) in [7, 11) is 3.70. The summed E-state index contributed by atoms with van der Waals surface area (Å²) in [6.45, 7) is 4.32. The lowest BCUT2D eigenvalue weighted by molar-refractivity contribution is -0.137. The van der Waals surface area contributed by atoms with Crippen molar-refractivity contribution in [2.45, 2.75) is 25.8 Å². The molecule has 0 aromatic heterocycles. The molecule has 1 saturated heterocycles. The van der Waals surface area contributed by atoms with E-state index in [0.29, 0.717) is 5.92 Å². The largest absolute Gasteiger partial charge is 0.481 e. The van der Waals surface area contributed by atoms with E-state index in [1.165, 1.54) is 4.90 Å². The lowest BCUT2D eigenvalue weighted by atomic mass is 9.94. The number of amides is 2. The SMILES string of the molecule is CC1CN(C)CCC1NC(=O)N(C)CCC(=O)O. The number of piperidine rings is 1. The van der Waals surface area contributed by atoms with Crippen LogP contribution in [0.1, 0.15) is 19.8 Å². The van der Waals surface area contributed by atoms with Gasteiger partial charge in [-0.25, -0.2) is 4.79 Å².